The lowest BCUT2D eigenvalue weighted by Gasteiger charge is -2.30. The molecule has 0 saturated heterocycles. The van der Waals surface area contributed by atoms with E-state index in [1.165, 1.54) is 5.56 Å². The first-order valence-corrected chi connectivity index (χ1v) is 12.4. The van der Waals surface area contributed by atoms with Crippen LogP contribution in [0.2, 0.25) is 0 Å². The first-order valence-electron chi connectivity index (χ1n) is 12.4. The van der Waals surface area contributed by atoms with Crippen molar-refractivity contribution in [3.8, 4) is 17.4 Å². The van der Waals surface area contributed by atoms with Crippen LogP contribution in [0.5, 0.6) is 17.4 Å². The maximum absolute atomic E-state index is 13.0. The third-order valence-corrected chi connectivity index (χ3v) is 6.28. The number of ether oxygens (including phenoxy) is 2. The van der Waals surface area contributed by atoms with Gasteiger partial charge in [0.2, 0.25) is 11.8 Å². The van der Waals surface area contributed by atoms with Gasteiger partial charge < -0.3 is 19.3 Å². The number of benzene rings is 3. The van der Waals surface area contributed by atoms with E-state index in [-0.39, 0.29) is 12.5 Å². The van der Waals surface area contributed by atoms with Gasteiger partial charge in [-0.2, -0.15) is 4.98 Å². The predicted octanol–water partition coefficient (Wildman–Crippen LogP) is 5.18. The van der Waals surface area contributed by atoms with E-state index in [1.54, 1.807) is 4.90 Å². The van der Waals surface area contributed by atoms with Crippen molar-refractivity contribution in [3.05, 3.63) is 107 Å². The fourth-order valence-electron chi connectivity index (χ4n) is 4.31. The monoisotopic (exact) mass is 494 g/mol. The van der Waals surface area contributed by atoms with E-state index in [4.69, 9.17) is 19.4 Å². The molecule has 37 heavy (non-hydrogen) atoms. The zero-order valence-electron chi connectivity index (χ0n) is 21.1. The lowest BCUT2D eigenvalue weighted by atomic mass is 10.1. The Morgan fingerprint density at radius 1 is 0.946 bits per heavy atom. The van der Waals surface area contributed by atoms with Crippen molar-refractivity contribution < 1.29 is 14.3 Å². The van der Waals surface area contributed by atoms with Gasteiger partial charge in [0.1, 0.15) is 11.5 Å². The first kappa shape index (κ1) is 24.3. The van der Waals surface area contributed by atoms with Gasteiger partial charge in [0.15, 0.2) is 6.61 Å². The first-order chi connectivity index (χ1) is 18.0. The van der Waals surface area contributed by atoms with Gasteiger partial charge in [-0.25, -0.2) is 4.98 Å². The number of carbonyl (C=O) groups is 1. The van der Waals surface area contributed by atoms with E-state index in [2.05, 4.69) is 12.1 Å². The Hall–Kier alpha value is -4.39. The van der Waals surface area contributed by atoms with Gasteiger partial charge in [0.05, 0.1) is 17.8 Å². The highest BCUT2D eigenvalue weighted by molar-refractivity contribution is 5.78. The van der Waals surface area contributed by atoms with Crippen LogP contribution in [0, 0.1) is 6.92 Å². The number of carbonyl (C=O) groups excluding carboxylic acids is 1. The summed E-state index contributed by atoms with van der Waals surface area (Å²) >= 11 is 0. The Balaban J connectivity index is 1.39. The van der Waals surface area contributed by atoms with Gasteiger partial charge in [-0.05, 0) is 42.3 Å². The van der Waals surface area contributed by atoms with Crippen LogP contribution >= 0.6 is 0 Å². The van der Waals surface area contributed by atoms with Gasteiger partial charge in [-0.3, -0.25) is 4.79 Å². The van der Waals surface area contributed by atoms with Crippen molar-refractivity contribution in [1.82, 2.24) is 14.9 Å². The van der Waals surface area contributed by atoms with E-state index < -0.39 is 0 Å². The molecular weight excluding hydrogens is 464 g/mol. The van der Waals surface area contributed by atoms with Crippen LogP contribution in [0.25, 0.3) is 0 Å². The highest BCUT2D eigenvalue weighted by atomic mass is 16.5. The SMILES string of the molecule is Cc1cccc(Oc2nc(N(C)Cc3ccccc3)nc3c2CN(C(=O)COc2ccccc2)CC3)c1. The van der Waals surface area contributed by atoms with E-state index in [0.717, 1.165) is 16.8 Å². The molecule has 1 aliphatic rings. The number of fused-ring (bicyclic) bond motifs is 1. The summed E-state index contributed by atoms with van der Waals surface area (Å²) in [6, 6.07) is 27.4. The number of hydrogen-bond acceptors (Lipinski definition) is 6. The molecule has 1 aromatic heterocycles. The Morgan fingerprint density at radius 3 is 2.43 bits per heavy atom. The van der Waals surface area contributed by atoms with E-state index >= 15 is 0 Å². The van der Waals surface area contributed by atoms with Gasteiger partial charge in [0.25, 0.3) is 5.91 Å². The summed E-state index contributed by atoms with van der Waals surface area (Å²) in [6.07, 6.45) is 0.616. The van der Waals surface area contributed by atoms with Crippen LogP contribution in [0.3, 0.4) is 0 Å². The van der Waals surface area contributed by atoms with Crippen molar-refractivity contribution in [2.75, 3.05) is 25.1 Å². The Morgan fingerprint density at radius 2 is 1.68 bits per heavy atom. The minimum absolute atomic E-state index is 0.0217. The van der Waals surface area contributed by atoms with Crippen molar-refractivity contribution in [3.63, 3.8) is 0 Å². The largest absolute Gasteiger partial charge is 0.484 e. The molecule has 0 radical (unpaired) electrons. The van der Waals surface area contributed by atoms with E-state index in [0.29, 0.717) is 49.4 Å². The molecule has 0 unspecified atom stereocenters. The number of rotatable bonds is 8. The number of nitrogens with zero attached hydrogens (tertiary/aromatic N) is 4. The fraction of sp³-hybridized carbons (Fsp3) is 0.233. The second-order valence-electron chi connectivity index (χ2n) is 9.18. The van der Waals surface area contributed by atoms with Crippen LogP contribution < -0.4 is 14.4 Å². The smallest absolute Gasteiger partial charge is 0.260 e. The second kappa shape index (κ2) is 11.1. The van der Waals surface area contributed by atoms with Gasteiger partial charge in [-0.15, -0.1) is 0 Å². The number of aromatic nitrogens is 2. The standard InChI is InChI=1S/C30H30N4O3/c1-22-10-9-15-25(18-22)37-29-26-20-34(28(35)21-36-24-13-7-4-8-14-24)17-16-27(26)31-30(32-29)33(2)19-23-11-5-3-6-12-23/h3-15,18H,16-17,19-21H2,1-2H3. The lowest BCUT2D eigenvalue weighted by Crippen LogP contribution is -2.39. The molecule has 0 N–H and O–H groups in total. The lowest BCUT2D eigenvalue weighted by molar-refractivity contribution is -0.134. The van der Waals surface area contributed by atoms with Crippen LogP contribution in [-0.4, -0.2) is 41.0 Å². The quantitative estimate of drug-likeness (QED) is 0.336. The predicted molar refractivity (Wildman–Crippen MR) is 143 cm³/mol. The number of hydrogen-bond donors (Lipinski definition) is 0. The van der Waals surface area contributed by atoms with Crippen LogP contribution in [-0.2, 0) is 24.3 Å². The summed E-state index contributed by atoms with van der Waals surface area (Å²) in [6.45, 7) is 3.61. The van der Waals surface area contributed by atoms with Gasteiger partial charge >= 0.3 is 0 Å². The molecule has 0 fully saturated rings. The molecule has 0 bridgehead atoms. The second-order valence-corrected chi connectivity index (χ2v) is 9.18. The topological polar surface area (TPSA) is 67.8 Å². The molecule has 2 heterocycles. The molecule has 7 heteroatoms. The molecule has 1 amide bonds. The molecule has 0 aliphatic carbocycles. The van der Waals surface area contributed by atoms with Crippen LogP contribution in [0.15, 0.2) is 84.9 Å². The van der Waals surface area contributed by atoms with Crippen molar-refractivity contribution in [2.24, 2.45) is 0 Å². The molecule has 3 aromatic carbocycles. The third-order valence-electron chi connectivity index (χ3n) is 6.28. The zero-order chi connectivity index (χ0) is 25.6. The minimum Gasteiger partial charge on any atom is -0.484 e. The number of anilines is 1. The molecule has 4 aromatic rings. The average molecular weight is 495 g/mol. The zero-order valence-corrected chi connectivity index (χ0v) is 21.1. The molecule has 0 spiro atoms. The minimum atomic E-state index is -0.0821. The maximum Gasteiger partial charge on any atom is 0.260 e. The van der Waals surface area contributed by atoms with E-state index in [1.807, 2.05) is 91.7 Å². The van der Waals surface area contributed by atoms with E-state index in [9.17, 15) is 4.79 Å². The summed E-state index contributed by atoms with van der Waals surface area (Å²) < 4.78 is 12.0. The normalized spacial score (nSPS) is 12.5. The Bertz CT molecular complexity index is 1360. The number of para-hydroxylation sites is 1. The summed E-state index contributed by atoms with van der Waals surface area (Å²) in [7, 11) is 1.98. The summed E-state index contributed by atoms with van der Waals surface area (Å²) in [5.41, 5.74) is 4.00. The number of amides is 1. The average Bonchev–Trinajstić information content (AvgIpc) is 2.92. The Kier molecular flexibility index (Phi) is 7.31. The van der Waals surface area contributed by atoms with Crippen LogP contribution in [0.1, 0.15) is 22.4 Å². The van der Waals surface area contributed by atoms with Crippen LogP contribution in [0.4, 0.5) is 5.95 Å². The molecule has 0 saturated carbocycles. The summed E-state index contributed by atoms with van der Waals surface area (Å²) in [4.78, 5) is 26.5. The fourth-order valence-corrected chi connectivity index (χ4v) is 4.31. The van der Waals surface area contributed by atoms with Gasteiger partial charge in [0, 0.05) is 26.6 Å². The molecule has 188 valence electrons. The van der Waals surface area contributed by atoms with Crippen molar-refractivity contribution in [2.45, 2.75) is 26.4 Å². The molecule has 5 rings (SSSR count). The van der Waals surface area contributed by atoms with Crippen molar-refractivity contribution >= 4 is 11.9 Å². The number of aryl methyl sites for hydroxylation is 1. The molecule has 1 aliphatic heterocycles. The molecule has 7 nitrogen and oxygen atoms in total. The van der Waals surface area contributed by atoms with Crippen molar-refractivity contribution in [1.29, 1.82) is 0 Å². The summed E-state index contributed by atoms with van der Waals surface area (Å²) in [5.74, 6) is 2.37. The highest BCUT2D eigenvalue weighted by Crippen LogP contribution is 2.32. The maximum atomic E-state index is 13.0. The molecular formula is C30H30N4O3. The molecule has 0 atom stereocenters. The third kappa shape index (κ3) is 6.06. The Labute approximate surface area is 217 Å². The van der Waals surface area contributed by atoms with Gasteiger partial charge in [-0.1, -0.05) is 60.7 Å². The highest BCUT2D eigenvalue weighted by Gasteiger charge is 2.27. The summed E-state index contributed by atoms with van der Waals surface area (Å²) in [5, 5.41) is 0.